The Morgan fingerprint density at radius 3 is 2.68 bits per heavy atom. The second kappa shape index (κ2) is 7.35. The quantitative estimate of drug-likeness (QED) is 0.669. The Balaban J connectivity index is 1.83. The van der Waals surface area contributed by atoms with E-state index in [4.69, 9.17) is 0 Å². The molecule has 0 bridgehead atoms. The van der Waals surface area contributed by atoms with Gasteiger partial charge in [0.1, 0.15) is 0 Å². The summed E-state index contributed by atoms with van der Waals surface area (Å²) in [5, 5.41) is 13.6. The summed E-state index contributed by atoms with van der Waals surface area (Å²) in [5.74, 6) is 0.243. The van der Waals surface area contributed by atoms with Gasteiger partial charge in [0.25, 0.3) is 11.6 Å². The van der Waals surface area contributed by atoms with Crippen LogP contribution in [0.4, 0.5) is 5.69 Å². The molecule has 1 aromatic carbocycles. The summed E-state index contributed by atoms with van der Waals surface area (Å²) in [5.41, 5.74) is 0.284. The number of nitrogens with one attached hydrogen (secondary N) is 1. The summed E-state index contributed by atoms with van der Waals surface area (Å²) >= 11 is 0. The molecule has 120 valence electrons. The molecule has 0 spiro atoms. The van der Waals surface area contributed by atoms with Crippen LogP contribution in [0.3, 0.4) is 0 Å². The first-order valence-corrected chi connectivity index (χ1v) is 7.74. The van der Waals surface area contributed by atoms with Crippen LogP contribution in [-0.2, 0) is 0 Å². The number of rotatable bonds is 5. The summed E-state index contributed by atoms with van der Waals surface area (Å²) in [6, 6.07) is 6.41. The lowest BCUT2D eigenvalue weighted by atomic mass is 9.96. The number of nitro groups is 1. The largest absolute Gasteiger partial charge is 0.352 e. The maximum absolute atomic E-state index is 12.1. The summed E-state index contributed by atoms with van der Waals surface area (Å²) in [7, 11) is 0. The molecule has 6 nitrogen and oxygen atoms in total. The number of nitrogens with zero attached hydrogens (tertiary/aromatic N) is 2. The van der Waals surface area contributed by atoms with E-state index in [1.807, 2.05) is 0 Å². The zero-order valence-corrected chi connectivity index (χ0v) is 13.1. The van der Waals surface area contributed by atoms with E-state index in [1.165, 1.54) is 18.2 Å². The van der Waals surface area contributed by atoms with Crippen molar-refractivity contribution >= 4 is 11.6 Å². The molecule has 1 heterocycles. The molecule has 1 aliphatic heterocycles. The lowest BCUT2D eigenvalue weighted by Crippen LogP contribution is -2.41. The fourth-order valence-corrected chi connectivity index (χ4v) is 2.77. The van der Waals surface area contributed by atoms with E-state index in [0.717, 1.165) is 25.9 Å². The van der Waals surface area contributed by atoms with Crippen LogP contribution in [-0.4, -0.2) is 41.4 Å². The molecule has 0 saturated carbocycles. The maximum atomic E-state index is 12.1. The third kappa shape index (κ3) is 4.27. The number of nitro benzene ring substituents is 1. The van der Waals surface area contributed by atoms with Gasteiger partial charge in [-0.2, -0.15) is 0 Å². The van der Waals surface area contributed by atoms with Gasteiger partial charge in [0.15, 0.2) is 0 Å². The Kier molecular flexibility index (Phi) is 5.49. The van der Waals surface area contributed by atoms with Crippen LogP contribution in [0.15, 0.2) is 24.3 Å². The average Bonchev–Trinajstić information content (AvgIpc) is 2.53. The minimum Gasteiger partial charge on any atom is -0.352 e. The van der Waals surface area contributed by atoms with Gasteiger partial charge in [-0.05, 0) is 51.8 Å². The van der Waals surface area contributed by atoms with E-state index >= 15 is 0 Å². The molecular weight excluding hydrogens is 282 g/mol. The molecule has 1 fully saturated rings. The van der Waals surface area contributed by atoms with Crippen molar-refractivity contribution in [2.24, 2.45) is 5.92 Å². The number of piperidine rings is 1. The Morgan fingerprint density at radius 2 is 2.09 bits per heavy atom. The van der Waals surface area contributed by atoms with Crippen LogP contribution < -0.4 is 5.32 Å². The number of hydrogen-bond acceptors (Lipinski definition) is 4. The number of carbonyl (C=O) groups is 1. The number of benzene rings is 1. The number of amides is 1. The maximum Gasteiger partial charge on any atom is 0.270 e. The van der Waals surface area contributed by atoms with Gasteiger partial charge in [0, 0.05) is 30.3 Å². The molecule has 1 saturated heterocycles. The van der Waals surface area contributed by atoms with E-state index in [-0.39, 0.29) is 11.6 Å². The van der Waals surface area contributed by atoms with E-state index in [9.17, 15) is 14.9 Å². The molecule has 0 atom stereocenters. The molecular formula is C16H23N3O3. The molecule has 1 N–H and O–H groups in total. The van der Waals surface area contributed by atoms with Gasteiger partial charge < -0.3 is 10.2 Å². The van der Waals surface area contributed by atoms with Crippen LogP contribution in [0.5, 0.6) is 0 Å². The van der Waals surface area contributed by atoms with E-state index in [1.54, 1.807) is 6.07 Å². The van der Waals surface area contributed by atoms with Crippen LogP contribution >= 0.6 is 0 Å². The summed E-state index contributed by atoms with van der Waals surface area (Å²) in [6.45, 7) is 7.16. The van der Waals surface area contributed by atoms with Crippen molar-refractivity contribution in [2.45, 2.75) is 32.7 Å². The van der Waals surface area contributed by atoms with Gasteiger partial charge in [0.05, 0.1) is 4.92 Å². The fraction of sp³-hybridized carbons (Fsp3) is 0.562. The Labute approximate surface area is 130 Å². The second-order valence-corrected chi connectivity index (χ2v) is 6.09. The lowest BCUT2D eigenvalue weighted by molar-refractivity contribution is -0.384. The Bertz CT molecular complexity index is 537. The van der Waals surface area contributed by atoms with Gasteiger partial charge in [-0.25, -0.2) is 0 Å². The van der Waals surface area contributed by atoms with Crippen molar-refractivity contribution in [1.82, 2.24) is 10.2 Å². The minimum atomic E-state index is -0.488. The standard InChI is InChI=1S/C16H23N3O3/c1-12(2)18-8-6-13(7-9-18)11-17-16(20)14-4-3-5-15(10-14)19(21)22/h3-5,10,12-13H,6-9,11H2,1-2H3,(H,17,20). The molecule has 6 heteroatoms. The fourth-order valence-electron chi connectivity index (χ4n) is 2.77. The predicted molar refractivity (Wildman–Crippen MR) is 84.9 cm³/mol. The molecule has 1 aliphatic rings. The summed E-state index contributed by atoms with van der Waals surface area (Å²) in [4.78, 5) is 24.8. The number of hydrogen-bond donors (Lipinski definition) is 1. The first kappa shape index (κ1) is 16.4. The smallest absolute Gasteiger partial charge is 0.270 e. The van der Waals surface area contributed by atoms with Crippen molar-refractivity contribution < 1.29 is 9.72 Å². The number of likely N-dealkylation sites (tertiary alicyclic amines) is 1. The summed E-state index contributed by atoms with van der Waals surface area (Å²) < 4.78 is 0. The number of carbonyl (C=O) groups excluding carboxylic acids is 1. The van der Waals surface area contributed by atoms with Gasteiger partial charge in [-0.15, -0.1) is 0 Å². The van der Waals surface area contributed by atoms with Crippen molar-refractivity contribution in [3.8, 4) is 0 Å². The monoisotopic (exact) mass is 305 g/mol. The van der Waals surface area contributed by atoms with Crippen LogP contribution in [0, 0.1) is 16.0 Å². The van der Waals surface area contributed by atoms with Crippen molar-refractivity contribution in [3.05, 3.63) is 39.9 Å². The van der Waals surface area contributed by atoms with E-state index in [0.29, 0.717) is 24.1 Å². The zero-order chi connectivity index (χ0) is 16.1. The molecule has 0 aliphatic carbocycles. The zero-order valence-electron chi connectivity index (χ0n) is 13.1. The highest BCUT2D eigenvalue weighted by Gasteiger charge is 2.21. The molecule has 2 rings (SSSR count). The molecule has 0 radical (unpaired) electrons. The normalized spacial score (nSPS) is 16.7. The third-order valence-corrected chi connectivity index (χ3v) is 4.25. The Hall–Kier alpha value is -1.95. The lowest BCUT2D eigenvalue weighted by Gasteiger charge is -2.34. The van der Waals surface area contributed by atoms with Crippen molar-refractivity contribution in [2.75, 3.05) is 19.6 Å². The van der Waals surface area contributed by atoms with Gasteiger partial charge >= 0.3 is 0 Å². The molecule has 0 unspecified atom stereocenters. The van der Waals surface area contributed by atoms with Crippen LogP contribution in [0.1, 0.15) is 37.0 Å². The average molecular weight is 305 g/mol. The van der Waals surface area contributed by atoms with Gasteiger partial charge in [-0.1, -0.05) is 6.07 Å². The van der Waals surface area contributed by atoms with Gasteiger partial charge in [0.2, 0.25) is 0 Å². The molecule has 22 heavy (non-hydrogen) atoms. The van der Waals surface area contributed by atoms with Crippen LogP contribution in [0.25, 0.3) is 0 Å². The summed E-state index contributed by atoms with van der Waals surface area (Å²) in [6.07, 6.45) is 2.15. The Morgan fingerprint density at radius 1 is 1.41 bits per heavy atom. The van der Waals surface area contributed by atoms with E-state index in [2.05, 4.69) is 24.1 Å². The highest BCUT2D eigenvalue weighted by atomic mass is 16.6. The van der Waals surface area contributed by atoms with E-state index < -0.39 is 4.92 Å². The first-order chi connectivity index (χ1) is 10.5. The van der Waals surface area contributed by atoms with Crippen molar-refractivity contribution in [3.63, 3.8) is 0 Å². The third-order valence-electron chi connectivity index (χ3n) is 4.25. The predicted octanol–water partition coefficient (Wildman–Crippen LogP) is 2.45. The van der Waals surface area contributed by atoms with Crippen LogP contribution in [0.2, 0.25) is 0 Å². The molecule has 0 aromatic heterocycles. The van der Waals surface area contributed by atoms with Gasteiger partial charge in [-0.3, -0.25) is 14.9 Å². The van der Waals surface area contributed by atoms with Crippen molar-refractivity contribution in [1.29, 1.82) is 0 Å². The molecule has 1 amide bonds. The first-order valence-electron chi connectivity index (χ1n) is 7.74. The second-order valence-electron chi connectivity index (χ2n) is 6.09. The number of non-ortho nitro benzene ring substituents is 1. The highest BCUT2D eigenvalue weighted by Crippen LogP contribution is 2.18. The topological polar surface area (TPSA) is 75.5 Å². The highest BCUT2D eigenvalue weighted by molar-refractivity contribution is 5.94. The minimum absolute atomic E-state index is 0.0575. The molecule has 1 aromatic rings. The SMILES string of the molecule is CC(C)N1CCC(CNC(=O)c2cccc([N+](=O)[O-])c2)CC1.